The van der Waals surface area contributed by atoms with E-state index in [1.54, 1.807) is 10.6 Å². The molecule has 148 valence electrons. The zero-order chi connectivity index (χ0) is 18.3. The predicted octanol–water partition coefficient (Wildman–Crippen LogP) is 6.66. The third kappa shape index (κ3) is 7.69. The summed E-state index contributed by atoms with van der Waals surface area (Å²) in [5.41, 5.74) is 3.14. The first-order chi connectivity index (χ1) is 11.3. The van der Waals surface area contributed by atoms with Gasteiger partial charge in [-0.25, -0.2) is 12.1 Å². The minimum atomic E-state index is -0.0233. The van der Waals surface area contributed by atoms with Crippen LogP contribution in [0.25, 0.3) is 0 Å². The molecule has 0 saturated carbocycles. The van der Waals surface area contributed by atoms with Crippen LogP contribution in [0.5, 0.6) is 0 Å². The Hall–Kier alpha value is 0.0795. The van der Waals surface area contributed by atoms with Crippen molar-refractivity contribution < 1.29 is 17.1 Å². The first-order valence-electron chi connectivity index (χ1n) is 9.26. The molecule has 0 aliphatic heterocycles. The van der Waals surface area contributed by atoms with Crippen molar-refractivity contribution in [3.63, 3.8) is 0 Å². The zero-order valence-corrected chi connectivity index (χ0v) is 20.1. The van der Waals surface area contributed by atoms with Gasteiger partial charge in [-0.1, -0.05) is 63.3 Å². The Labute approximate surface area is 169 Å². The largest absolute Gasteiger partial charge is 0.748 e. The minimum absolute atomic E-state index is 0. The third-order valence-electron chi connectivity index (χ3n) is 4.11. The Morgan fingerprint density at radius 1 is 0.720 bits per heavy atom. The van der Waals surface area contributed by atoms with E-state index in [4.69, 9.17) is 0 Å². The molecule has 0 fully saturated rings. The maximum Gasteiger partial charge on any atom is 0 e. The second-order valence-corrected chi connectivity index (χ2v) is 14.2. The van der Waals surface area contributed by atoms with Crippen molar-refractivity contribution in [1.29, 1.82) is 0 Å². The molecule has 0 nitrogen and oxygen atoms in total. The summed E-state index contributed by atoms with van der Waals surface area (Å²) in [7, 11) is -0.0466. The normalized spacial score (nSPS) is 11.4. The fourth-order valence-electron chi connectivity index (χ4n) is 3.46. The molecular weight excluding hydrogens is 382 g/mol. The molecule has 3 heteroatoms. The number of hydrogen-bond donors (Lipinski definition) is 0. The van der Waals surface area contributed by atoms with Gasteiger partial charge < -0.3 is 30.3 Å². The van der Waals surface area contributed by atoms with E-state index in [0.29, 0.717) is 0 Å². The van der Waals surface area contributed by atoms with Crippen LogP contribution in [0.15, 0.2) is 48.5 Å². The predicted molar refractivity (Wildman–Crippen MR) is 118 cm³/mol. The van der Waals surface area contributed by atoms with Gasteiger partial charge in [0.05, 0.1) is 0 Å². The summed E-state index contributed by atoms with van der Waals surface area (Å²) in [6.07, 6.45) is 0. The van der Waals surface area contributed by atoms with E-state index in [1.165, 1.54) is 0 Å². The molecule has 2 rings (SSSR count). The van der Waals surface area contributed by atoms with Crippen LogP contribution < -0.4 is 10.6 Å². The van der Waals surface area contributed by atoms with Crippen molar-refractivity contribution >= 4 is 26.5 Å². The van der Waals surface area contributed by atoms with Crippen molar-refractivity contribution in [2.24, 2.45) is 0 Å². The summed E-state index contributed by atoms with van der Waals surface area (Å²) >= 11 is 0. The van der Waals surface area contributed by atoms with Gasteiger partial charge in [-0.15, -0.1) is 18.5 Å². The van der Waals surface area contributed by atoms with E-state index in [9.17, 15) is 0 Å². The Morgan fingerprint density at radius 2 is 1.12 bits per heavy atom. The van der Waals surface area contributed by atoms with E-state index in [2.05, 4.69) is 73.6 Å². The molecule has 2 aromatic carbocycles. The van der Waals surface area contributed by atoms with Crippen LogP contribution in [0, 0.1) is 0 Å². The van der Waals surface area contributed by atoms with E-state index in [-0.39, 0.29) is 32.9 Å². The van der Waals surface area contributed by atoms with Crippen LogP contribution >= 0.6 is 15.8 Å². The quantitative estimate of drug-likeness (QED) is 0.280. The van der Waals surface area contributed by atoms with Crippen LogP contribution in [0.4, 0.5) is 0 Å². The summed E-state index contributed by atoms with van der Waals surface area (Å²) in [5.74, 6) is 0. The fraction of sp³-hybridized carbons (Fsp3) is 0.545. The summed E-state index contributed by atoms with van der Waals surface area (Å²) < 4.78 is 0. The maximum absolute atomic E-state index is 2.42. The van der Waals surface area contributed by atoms with Crippen LogP contribution in [0.1, 0.15) is 55.4 Å². The van der Waals surface area contributed by atoms with Gasteiger partial charge in [0.15, 0.2) is 0 Å². The Balaban J connectivity index is 0.000000820. The van der Waals surface area contributed by atoms with E-state index in [0.717, 1.165) is 22.6 Å². The van der Waals surface area contributed by atoms with E-state index >= 15 is 0 Å². The van der Waals surface area contributed by atoms with Gasteiger partial charge in [0.25, 0.3) is 0 Å². The average Bonchev–Trinajstić information content (AvgIpc) is 3.12. The second-order valence-electron chi connectivity index (χ2n) is 7.45. The van der Waals surface area contributed by atoms with Gasteiger partial charge in [-0.2, -0.15) is 6.07 Å². The van der Waals surface area contributed by atoms with Crippen LogP contribution in [-0.2, 0) is 17.1 Å². The molecule has 25 heavy (non-hydrogen) atoms. The van der Waals surface area contributed by atoms with Gasteiger partial charge in [0, 0.05) is 17.1 Å². The number of rotatable bonds is 6. The van der Waals surface area contributed by atoms with Crippen molar-refractivity contribution in [1.82, 2.24) is 0 Å². The summed E-state index contributed by atoms with van der Waals surface area (Å²) in [6, 6.07) is 17.1. The maximum atomic E-state index is 2.42. The Bertz CT molecular complexity index is 470. The van der Waals surface area contributed by atoms with E-state index in [1.807, 2.05) is 30.3 Å². The molecule has 0 aliphatic carbocycles. The molecule has 0 aromatic heterocycles. The Morgan fingerprint density at radius 3 is 1.44 bits per heavy atom. The molecule has 0 bridgehead atoms. The second kappa shape index (κ2) is 12.5. The standard InChI is InChI=1S/C17H31P2.C5H5.Fe/c1-12(2)18(13(3)4)16-10-9-11-17(16)19(14(5)6)15(7)8;1-2-4-5-3-1;/h9-15H,1-8H3;1-5H;/q-1;-5;. The molecule has 0 aliphatic rings. The van der Waals surface area contributed by atoms with Gasteiger partial charge in [-0.05, 0) is 22.6 Å². The third-order valence-corrected chi connectivity index (χ3v) is 10.6. The van der Waals surface area contributed by atoms with Crippen LogP contribution in [0.2, 0.25) is 0 Å². The fourth-order valence-corrected chi connectivity index (χ4v) is 9.96. The van der Waals surface area contributed by atoms with Gasteiger partial charge in [0.1, 0.15) is 0 Å². The molecule has 0 spiro atoms. The summed E-state index contributed by atoms with van der Waals surface area (Å²) in [6.45, 7) is 19.2. The molecule has 0 unspecified atom stereocenters. The van der Waals surface area contributed by atoms with E-state index < -0.39 is 0 Å². The molecular formula is C22H36FeP2-6. The first kappa shape index (κ1) is 25.1. The molecule has 0 amide bonds. The molecule has 0 heterocycles. The average molecular weight is 418 g/mol. The summed E-state index contributed by atoms with van der Waals surface area (Å²) in [5, 5.41) is 3.40. The molecule has 0 saturated heterocycles. The SMILES string of the molecule is CC(C)P(c1ccc[c-]1P(C(C)C)C(C)C)C(C)C.[Fe].[cH-]1[cH-][cH-][cH-][cH-]1. The topological polar surface area (TPSA) is 0 Å². The molecule has 0 atom stereocenters. The van der Waals surface area contributed by atoms with Gasteiger partial charge >= 0.3 is 0 Å². The molecule has 0 radical (unpaired) electrons. The van der Waals surface area contributed by atoms with Crippen LogP contribution in [-0.4, -0.2) is 22.6 Å². The zero-order valence-electron chi connectivity index (χ0n) is 17.2. The minimum Gasteiger partial charge on any atom is -0.748 e. The van der Waals surface area contributed by atoms with Crippen molar-refractivity contribution in [2.45, 2.75) is 78.0 Å². The monoisotopic (exact) mass is 418 g/mol. The molecule has 0 N–H and O–H groups in total. The number of hydrogen-bond acceptors (Lipinski definition) is 0. The van der Waals surface area contributed by atoms with Gasteiger partial charge in [-0.3, -0.25) is 0 Å². The van der Waals surface area contributed by atoms with Crippen molar-refractivity contribution in [3.8, 4) is 0 Å². The van der Waals surface area contributed by atoms with Gasteiger partial charge in [0.2, 0.25) is 0 Å². The van der Waals surface area contributed by atoms with Crippen molar-refractivity contribution in [2.75, 3.05) is 0 Å². The van der Waals surface area contributed by atoms with Crippen molar-refractivity contribution in [3.05, 3.63) is 48.5 Å². The Kier molecular flexibility index (Phi) is 12.5. The van der Waals surface area contributed by atoms with Crippen LogP contribution in [0.3, 0.4) is 0 Å². The molecule has 2 aromatic rings. The first-order valence-corrected chi connectivity index (χ1v) is 12.2. The summed E-state index contributed by atoms with van der Waals surface area (Å²) in [4.78, 5) is 0. The smallest absolute Gasteiger partial charge is 0 e.